The van der Waals surface area contributed by atoms with Gasteiger partial charge >= 0.3 is 0 Å². The smallest absolute Gasteiger partial charge is 0.269 e. The summed E-state index contributed by atoms with van der Waals surface area (Å²) in [6, 6.07) is 14.6. The third-order valence-electron chi connectivity index (χ3n) is 3.92. The Balaban J connectivity index is 1.57. The number of non-ortho nitro benzene ring substituents is 1. The molecular formula is C20H16Cl2N3O4+. The zero-order valence-electron chi connectivity index (χ0n) is 15.0. The average Bonchev–Trinajstić information content (AvgIpc) is 2.69. The molecule has 3 rings (SSSR count). The molecule has 0 bridgehead atoms. The average molecular weight is 433 g/mol. The molecule has 1 amide bonds. The molecule has 7 nitrogen and oxygen atoms in total. The molecule has 0 aliphatic heterocycles. The van der Waals surface area contributed by atoms with Crippen LogP contribution in [0.5, 0.6) is 5.75 Å². The lowest BCUT2D eigenvalue weighted by Crippen LogP contribution is -2.34. The number of rotatable bonds is 7. The normalized spacial score (nSPS) is 10.4. The highest BCUT2D eigenvalue weighted by molar-refractivity contribution is 6.42. The summed E-state index contributed by atoms with van der Waals surface area (Å²) < 4.78 is 7.27. The van der Waals surface area contributed by atoms with E-state index in [-0.39, 0.29) is 18.2 Å². The molecule has 2 aromatic carbocycles. The Bertz CT molecular complexity index is 1040. The molecule has 1 aromatic heterocycles. The summed E-state index contributed by atoms with van der Waals surface area (Å²) in [6.07, 6.45) is 3.60. The number of aromatic nitrogens is 1. The third kappa shape index (κ3) is 5.91. The predicted octanol–water partition coefficient (Wildman–Crippen LogP) is 4.25. The van der Waals surface area contributed by atoms with E-state index in [4.69, 9.17) is 27.9 Å². The molecule has 1 heterocycles. The summed E-state index contributed by atoms with van der Waals surface area (Å²) in [7, 11) is 0. The molecule has 0 saturated carbocycles. The maximum absolute atomic E-state index is 12.1. The van der Waals surface area contributed by atoms with Crippen LogP contribution in [0.4, 0.5) is 11.4 Å². The van der Waals surface area contributed by atoms with Crippen molar-refractivity contribution in [2.75, 3.05) is 11.9 Å². The van der Waals surface area contributed by atoms with Crippen LogP contribution in [0.1, 0.15) is 5.56 Å². The maximum Gasteiger partial charge on any atom is 0.269 e. The van der Waals surface area contributed by atoms with Gasteiger partial charge in [0.1, 0.15) is 11.4 Å². The summed E-state index contributed by atoms with van der Waals surface area (Å²) >= 11 is 11.8. The van der Waals surface area contributed by atoms with Crippen molar-refractivity contribution in [2.24, 2.45) is 0 Å². The number of benzene rings is 2. The lowest BCUT2D eigenvalue weighted by atomic mass is 10.2. The van der Waals surface area contributed by atoms with E-state index in [2.05, 4.69) is 5.32 Å². The van der Waals surface area contributed by atoms with Crippen LogP contribution in [-0.4, -0.2) is 17.4 Å². The second kappa shape index (κ2) is 9.36. The first-order valence-corrected chi connectivity index (χ1v) is 9.26. The molecule has 0 atom stereocenters. The summed E-state index contributed by atoms with van der Waals surface area (Å²) in [5, 5.41) is 14.2. The lowest BCUT2D eigenvalue weighted by molar-refractivity contribution is -0.687. The van der Waals surface area contributed by atoms with Crippen molar-refractivity contribution in [3.63, 3.8) is 0 Å². The highest BCUT2D eigenvalue weighted by Crippen LogP contribution is 2.26. The number of carbonyl (C=O) groups excluding carboxylic acids is 1. The summed E-state index contributed by atoms with van der Waals surface area (Å²) in [6.45, 7) is 0.316. The lowest BCUT2D eigenvalue weighted by Gasteiger charge is -2.08. The molecule has 0 saturated heterocycles. The molecule has 0 aliphatic rings. The Morgan fingerprint density at radius 1 is 1.10 bits per heavy atom. The van der Waals surface area contributed by atoms with Crippen LogP contribution in [0.2, 0.25) is 10.0 Å². The van der Waals surface area contributed by atoms with Crippen LogP contribution < -0.4 is 14.6 Å². The topological polar surface area (TPSA) is 85.3 Å². The van der Waals surface area contributed by atoms with Crippen LogP contribution in [0.3, 0.4) is 0 Å². The number of hydrogen-bond acceptors (Lipinski definition) is 4. The van der Waals surface area contributed by atoms with Crippen LogP contribution in [0.15, 0.2) is 67.0 Å². The standard InChI is InChI=1S/C20H15Cl2N3O4/c21-18-8-7-17(10-19(18)22)29-13-20(26)23-15-2-1-9-24(12-15)11-14-3-5-16(6-4-14)25(27)28/h1-10,12H,11,13H2/p+1. The molecule has 3 aromatic rings. The van der Waals surface area contributed by atoms with Crippen LogP contribution in [0.25, 0.3) is 0 Å². The number of halogens is 2. The fraction of sp³-hybridized carbons (Fsp3) is 0.100. The van der Waals surface area contributed by atoms with Crippen molar-refractivity contribution >= 4 is 40.5 Å². The number of nitrogens with zero attached hydrogens (tertiary/aromatic N) is 2. The molecule has 0 spiro atoms. The number of carbonyl (C=O) groups is 1. The van der Waals surface area contributed by atoms with Gasteiger partial charge in [-0.1, -0.05) is 23.2 Å². The number of hydrogen-bond donors (Lipinski definition) is 1. The molecule has 29 heavy (non-hydrogen) atoms. The van der Waals surface area contributed by atoms with Crippen molar-refractivity contribution in [1.82, 2.24) is 0 Å². The maximum atomic E-state index is 12.1. The van der Waals surface area contributed by atoms with E-state index < -0.39 is 4.92 Å². The van der Waals surface area contributed by atoms with Gasteiger partial charge in [0.25, 0.3) is 11.6 Å². The first-order valence-electron chi connectivity index (χ1n) is 8.51. The van der Waals surface area contributed by atoms with E-state index in [9.17, 15) is 14.9 Å². The zero-order valence-corrected chi connectivity index (χ0v) is 16.6. The number of ether oxygens (including phenoxy) is 1. The van der Waals surface area contributed by atoms with E-state index in [0.717, 1.165) is 5.56 Å². The summed E-state index contributed by atoms with van der Waals surface area (Å²) in [5.74, 6) is 0.111. The first-order chi connectivity index (χ1) is 13.9. The van der Waals surface area contributed by atoms with Gasteiger partial charge in [-0.05, 0) is 30.3 Å². The minimum absolute atomic E-state index is 0.0433. The quantitative estimate of drug-likeness (QED) is 0.343. The Morgan fingerprint density at radius 2 is 1.86 bits per heavy atom. The molecule has 0 aliphatic carbocycles. The fourth-order valence-corrected chi connectivity index (χ4v) is 2.83. The predicted molar refractivity (Wildman–Crippen MR) is 109 cm³/mol. The Kier molecular flexibility index (Phi) is 6.64. The van der Waals surface area contributed by atoms with Gasteiger partial charge in [-0.15, -0.1) is 0 Å². The fourth-order valence-electron chi connectivity index (χ4n) is 2.54. The number of nitrogens with one attached hydrogen (secondary N) is 1. The van der Waals surface area contributed by atoms with Crippen LogP contribution in [0, 0.1) is 10.1 Å². The van der Waals surface area contributed by atoms with E-state index in [1.807, 2.05) is 10.8 Å². The molecular weight excluding hydrogens is 417 g/mol. The molecule has 0 fully saturated rings. The first kappa shape index (κ1) is 20.6. The largest absolute Gasteiger partial charge is 0.484 e. The number of amides is 1. The van der Waals surface area contributed by atoms with Crippen molar-refractivity contribution in [3.05, 3.63) is 92.7 Å². The number of anilines is 1. The van der Waals surface area contributed by atoms with Gasteiger partial charge in [0.15, 0.2) is 25.5 Å². The summed E-state index contributed by atoms with van der Waals surface area (Å²) in [4.78, 5) is 22.4. The third-order valence-corrected chi connectivity index (χ3v) is 4.65. The van der Waals surface area contributed by atoms with Gasteiger partial charge in [0.05, 0.1) is 15.0 Å². The monoisotopic (exact) mass is 432 g/mol. The van der Waals surface area contributed by atoms with Crippen molar-refractivity contribution in [3.8, 4) is 5.75 Å². The SMILES string of the molecule is O=C(COc1ccc(Cl)c(Cl)c1)Nc1ccc[n+](Cc2ccc([N+](=O)[O-])cc2)c1. The van der Waals surface area contributed by atoms with E-state index in [1.54, 1.807) is 42.6 Å². The van der Waals surface area contributed by atoms with E-state index in [0.29, 0.717) is 28.0 Å². The number of nitro benzene ring substituents is 1. The second-order valence-electron chi connectivity index (χ2n) is 6.10. The molecule has 9 heteroatoms. The minimum atomic E-state index is -0.437. The van der Waals surface area contributed by atoms with Gasteiger partial charge in [-0.3, -0.25) is 14.9 Å². The van der Waals surface area contributed by atoms with Gasteiger partial charge in [0.2, 0.25) is 0 Å². The zero-order chi connectivity index (χ0) is 20.8. The molecule has 0 radical (unpaired) electrons. The van der Waals surface area contributed by atoms with Crippen molar-refractivity contribution in [2.45, 2.75) is 6.54 Å². The van der Waals surface area contributed by atoms with Gasteiger partial charge in [-0.2, -0.15) is 4.57 Å². The second-order valence-corrected chi connectivity index (χ2v) is 6.92. The van der Waals surface area contributed by atoms with E-state index >= 15 is 0 Å². The van der Waals surface area contributed by atoms with Crippen LogP contribution >= 0.6 is 23.2 Å². The molecule has 148 valence electrons. The van der Waals surface area contributed by atoms with Gasteiger partial charge in [-0.25, -0.2) is 0 Å². The van der Waals surface area contributed by atoms with E-state index in [1.165, 1.54) is 18.2 Å². The van der Waals surface area contributed by atoms with Crippen molar-refractivity contribution in [1.29, 1.82) is 0 Å². The minimum Gasteiger partial charge on any atom is -0.484 e. The van der Waals surface area contributed by atoms with Crippen molar-refractivity contribution < 1.29 is 19.0 Å². The highest BCUT2D eigenvalue weighted by Gasteiger charge is 2.10. The molecule has 1 N–H and O–H groups in total. The Hall–Kier alpha value is -3.16. The Labute approximate surface area is 176 Å². The van der Waals surface area contributed by atoms with Gasteiger partial charge in [0, 0.05) is 29.8 Å². The molecule has 0 unspecified atom stereocenters. The van der Waals surface area contributed by atoms with Crippen LogP contribution in [-0.2, 0) is 11.3 Å². The van der Waals surface area contributed by atoms with Gasteiger partial charge < -0.3 is 10.1 Å². The number of nitro groups is 1. The summed E-state index contributed by atoms with van der Waals surface area (Å²) in [5.41, 5.74) is 1.53. The highest BCUT2D eigenvalue weighted by atomic mass is 35.5. The Morgan fingerprint density at radius 3 is 2.55 bits per heavy atom. The number of pyridine rings is 1.